The van der Waals surface area contributed by atoms with Crippen LogP contribution in [0, 0.1) is 0 Å². The van der Waals surface area contributed by atoms with Gasteiger partial charge in [-0.25, -0.2) is 9.78 Å². The molecule has 128 valence electrons. The van der Waals surface area contributed by atoms with Gasteiger partial charge in [-0.05, 0) is 24.3 Å². The maximum absolute atomic E-state index is 11.4. The molecule has 0 amide bonds. The predicted octanol–water partition coefficient (Wildman–Crippen LogP) is 3.56. The first-order valence-corrected chi connectivity index (χ1v) is 7.70. The van der Waals surface area contributed by atoms with Crippen LogP contribution in [-0.4, -0.2) is 30.3 Å². The molecule has 3 rings (SSSR count). The van der Waals surface area contributed by atoms with Gasteiger partial charge in [0, 0.05) is 35.1 Å². The van der Waals surface area contributed by atoms with E-state index in [1.807, 2.05) is 24.3 Å². The number of hydrogen-bond acceptors (Lipinski definition) is 5. The number of aromatic carboxylic acids is 1. The van der Waals surface area contributed by atoms with Crippen LogP contribution in [0.2, 0.25) is 0 Å². The number of benzene rings is 2. The maximum Gasteiger partial charge on any atom is 0.336 e. The Bertz CT molecular complexity index is 924. The van der Waals surface area contributed by atoms with E-state index in [4.69, 9.17) is 9.47 Å². The van der Waals surface area contributed by atoms with Crippen molar-refractivity contribution in [1.29, 1.82) is 0 Å². The SMILES string of the molecule is COc1ccc(CNc2nccc3c(C(=O)O)cccc23)c(OC)c1. The van der Waals surface area contributed by atoms with Gasteiger partial charge in [0.1, 0.15) is 17.3 Å². The third kappa shape index (κ3) is 3.33. The number of ether oxygens (including phenoxy) is 2. The number of nitrogens with zero attached hydrogens (tertiary/aromatic N) is 1. The van der Waals surface area contributed by atoms with Crippen LogP contribution in [-0.2, 0) is 6.54 Å². The molecule has 0 radical (unpaired) electrons. The molecule has 0 aliphatic rings. The van der Waals surface area contributed by atoms with E-state index < -0.39 is 5.97 Å². The third-order valence-electron chi connectivity index (χ3n) is 3.98. The van der Waals surface area contributed by atoms with E-state index in [9.17, 15) is 9.90 Å². The number of nitrogens with one attached hydrogen (secondary N) is 1. The highest BCUT2D eigenvalue weighted by molar-refractivity contribution is 6.06. The fourth-order valence-electron chi connectivity index (χ4n) is 2.71. The van der Waals surface area contributed by atoms with Crippen LogP contribution in [0.15, 0.2) is 48.7 Å². The number of fused-ring (bicyclic) bond motifs is 1. The minimum Gasteiger partial charge on any atom is -0.497 e. The van der Waals surface area contributed by atoms with Crippen molar-refractivity contribution < 1.29 is 19.4 Å². The van der Waals surface area contributed by atoms with E-state index in [0.29, 0.717) is 23.5 Å². The minimum absolute atomic E-state index is 0.255. The maximum atomic E-state index is 11.4. The van der Waals surface area contributed by atoms with Crippen LogP contribution >= 0.6 is 0 Å². The molecule has 0 atom stereocenters. The van der Waals surface area contributed by atoms with E-state index in [2.05, 4.69) is 10.3 Å². The predicted molar refractivity (Wildman–Crippen MR) is 95.6 cm³/mol. The van der Waals surface area contributed by atoms with E-state index in [1.54, 1.807) is 38.6 Å². The number of pyridine rings is 1. The Morgan fingerprint density at radius 1 is 1.12 bits per heavy atom. The summed E-state index contributed by atoms with van der Waals surface area (Å²) in [6.45, 7) is 0.483. The molecule has 6 heteroatoms. The molecular formula is C19H18N2O4. The molecule has 0 saturated heterocycles. The van der Waals surface area contributed by atoms with E-state index in [-0.39, 0.29) is 5.56 Å². The number of anilines is 1. The Morgan fingerprint density at radius 3 is 2.68 bits per heavy atom. The number of hydrogen-bond donors (Lipinski definition) is 2. The number of aromatic nitrogens is 1. The van der Waals surface area contributed by atoms with E-state index >= 15 is 0 Å². The van der Waals surface area contributed by atoms with Crippen molar-refractivity contribution in [3.63, 3.8) is 0 Å². The Balaban J connectivity index is 1.92. The van der Waals surface area contributed by atoms with Crippen LogP contribution in [0.1, 0.15) is 15.9 Å². The third-order valence-corrected chi connectivity index (χ3v) is 3.98. The quantitative estimate of drug-likeness (QED) is 0.715. The summed E-state index contributed by atoms with van der Waals surface area (Å²) in [7, 11) is 3.21. The molecule has 1 heterocycles. The normalized spacial score (nSPS) is 10.5. The molecule has 1 aromatic heterocycles. The average molecular weight is 338 g/mol. The van der Waals surface area contributed by atoms with Gasteiger partial charge in [0.2, 0.25) is 0 Å². The first-order valence-electron chi connectivity index (χ1n) is 7.70. The van der Waals surface area contributed by atoms with Gasteiger partial charge < -0.3 is 19.9 Å². The molecule has 0 spiro atoms. The highest BCUT2D eigenvalue weighted by Crippen LogP contribution is 2.28. The lowest BCUT2D eigenvalue weighted by atomic mass is 10.1. The largest absolute Gasteiger partial charge is 0.497 e. The lowest BCUT2D eigenvalue weighted by Gasteiger charge is -2.13. The number of methoxy groups -OCH3 is 2. The monoisotopic (exact) mass is 338 g/mol. The molecular weight excluding hydrogens is 320 g/mol. The number of carboxylic acids is 1. The number of rotatable bonds is 6. The Morgan fingerprint density at radius 2 is 1.96 bits per heavy atom. The van der Waals surface area contributed by atoms with Crippen LogP contribution in [0.25, 0.3) is 10.8 Å². The van der Waals surface area contributed by atoms with Gasteiger partial charge in [0.05, 0.1) is 19.8 Å². The standard InChI is InChI=1S/C19H18N2O4/c1-24-13-7-6-12(17(10-13)25-2)11-21-18-15-4-3-5-16(19(22)23)14(15)8-9-20-18/h3-10H,11H2,1-2H3,(H,20,21)(H,22,23). The summed E-state index contributed by atoms with van der Waals surface area (Å²) in [6, 6.07) is 12.4. The Hall–Kier alpha value is -3.28. The van der Waals surface area contributed by atoms with Crippen LogP contribution in [0.5, 0.6) is 11.5 Å². The van der Waals surface area contributed by atoms with Crippen molar-refractivity contribution in [1.82, 2.24) is 4.98 Å². The summed E-state index contributed by atoms with van der Waals surface area (Å²) in [5.41, 5.74) is 1.20. The second-order valence-electron chi connectivity index (χ2n) is 5.40. The van der Waals surface area contributed by atoms with Crippen LogP contribution < -0.4 is 14.8 Å². The molecule has 2 N–H and O–H groups in total. The van der Waals surface area contributed by atoms with Gasteiger partial charge in [-0.2, -0.15) is 0 Å². The molecule has 2 aromatic carbocycles. The van der Waals surface area contributed by atoms with Gasteiger partial charge in [0.15, 0.2) is 0 Å². The van der Waals surface area contributed by atoms with Gasteiger partial charge in [-0.1, -0.05) is 12.1 Å². The van der Waals surface area contributed by atoms with Crippen LogP contribution in [0.3, 0.4) is 0 Å². The van der Waals surface area contributed by atoms with Gasteiger partial charge >= 0.3 is 5.97 Å². The minimum atomic E-state index is -0.959. The first-order chi connectivity index (χ1) is 12.1. The zero-order chi connectivity index (χ0) is 17.8. The zero-order valence-electron chi connectivity index (χ0n) is 13.9. The fraction of sp³-hybridized carbons (Fsp3) is 0.158. The van der Waals surface area contributed by atoms with Crippen molar-refractivity contribution in [2.24, 2.45) is 0 Å². The summed E-state index contributed by atoms with van der Waals surface area (Å²) in [5, 5.41) is 14.0. The highest BCUT2D eigenvalue weighted by atomic mass is 16.5. The molecule has 0 aliphatic heterocycles. The summed E-state index contributed by atoms with van der Waals surface area (Å²) < 4.78 is 10.6. The van der Waals surface area contributed by atoms with Gasteiger partial charge in [0.25, 0.3) is 0 Å². The zero-order valence-corrected chi connectivity index (χ0v) is 13.9. The second-order valence-corrected chi connectivity index (χ2v) is 5.40. The van der Waals surface area contributed by atoms with Crippen molar-refractivity contribution in [2.45, 2.75) is 6.54 Å². The Labute approximate surface area is 145 Å². The molecule has 0 aliphatic carbocycles. The molecule has 0 saturated carbocycles. The van der Waals surface area contributed by atoms with Gasteiger partial charge in [-0.3, -0.25) is 0 Å². The molecule has 6 nitrogen and oxygen atoms in total. The number of carbonyl (C=O) groups is 1. The van der Waals surface area contributed by atoms with Gasteiger partial charge in [-0.15, -0.1) is 0 Å². The van der Waals surface area contributed by atoms with Crippen molar-refractivity contribution in [2.75, 3.05) is 19.5 Å². The molecule has 0 bridgehead atoms. The molecule has 0 fully saturated rings. The lowest BCUT2D eigenvalue weighted by Crippen LogP contribution is -2.05. The lowest BCUT2D eigenvalue weighted by molar-refractivity contribution is 0.0699. The second kappa shape index (κ2) is 7.09. The Kier molecular flexibility index (Phi) is 4.70. The van der Waals surface area contributed by atoms with E-state index in [0.717, 1.165) is 16.7 Å². The first kappa shape index (κ1) is 16.6. The summed E-state index contributed by atoms with van der Waals surface area (Å²) in [4.78, 5) is 15.7. The average Bonchev–Trinajstić information content (AvgIpc) is 2.65. The smallest absolute Gasteiger partial charge is 0.336 e. The van der Waals surface area contributed by atoms with Crippen molar-refractivity contribution >= 4 is 22.6 Å². The molecule has 25 heavy (non-hydrogen) atoms. The van der Waals surface area contributed by atoms with Crippen molar-refractivity contribution in [3.05, 3.63) is 59.8 Å². The summed E-state index contributed by atoms with van der Waals surface area (Å²) in [5.74, 6) is 1.09. The number of carboxylic acid groups (broad SMARTS) is 1. The fourth-order valence-corrected chi connectivity index (χ4v) is 2.71. The van der Waals surface area contributed by atoms with E-state index in [1.165, 1.54) is 0 Å². The van der Waals surface area contributed by atoms with Crippen LogP contribution in [0.4, 0.5) is 5.82 Å². The summed E-state index contributed by atoms with van der Waals surface area (Å²) >= 11 is 0. The molecule has 3 aromatic rings. The van der Waals surface area contributed by atoms with Crippen molar-refractivity contribution in [3.8, 4) is 11.5 Å². The molecule has 0 unspecified atom stereocenters. The summed E-state index contributed by atoms with van der Waals surface area (Å²) in [6.07, 6.45) is 1.60. The highest BCUT2D eigenvalue weighted by Gasteiger charge is 2.11. The topological polar surface area (TPSA) is 80.7 Å².